The lowest BCUT2D eigenvalue weighted by Gasteiger charge is -2.28. The number of halogens is 3. The van der Waals surface area contributed by atoms with Crippen molar-refractivity contribution in [1.29, 1.82) is 0 Å². The minimum Gasteiger partial charge on any atom is -0.463 e. The SMILES string of the molecule is Cc1ccc(C(O)(CC(=O)NC2CCOC2)C(F)(F)F)o1. The van der Waals surface area contributed by atoms with Crippen molar-refractivity contribution in [3.8, 4) is 0 Å². The lowest BCUT2D eigenvalue weighted by molar-refractivity contribution is -0.273. The van der Waals surface area contributed by atoms with Gasteiger partial charge in [0.15, 0.2) is 0 Å². The third kappa shape index (κ3) is 3.38. The van der Waals surface area contributed by atoms with Crippen molar-refractivity contribution in [1.82, 2.24) is 5.32 Å². The number of ether oxygens (including phenoxy) is 1. The predicted octanol–water partition coefficient (Wildman–Crippen LogP) is 1.63. The third-order valence-electron chi connectivity index (χ3n) is 3.33. The summed E-state index contributed by atoms with van der Waals surface area (Å²) in [6.07, 6.45) is -5.64. The molecule has 2 N–H and O–H groups in total. The van der Waals surface area contributed by atoms with Crippen LogP contribution in [0.25, 0.3) is 0 Å². The van der Waals surface area contributed by atoms with Crippen molar-refractivity contribution in [2.45, 2.75) is 37.6 Å². The van der Waals surface area contributed by atoms with Crippen molar-refractivity contribution in [2.75, 3.05) is 13.2 Å². The first kappa shape index (κ1) is 15.8. The summed E-state index contributed by atoms with van der Waals surface area (Å²) in [7, 11) is 0. The largest absolute Gasteiger partial charge is 0.463 e. The fraction of sp³-hybridized carbons (Fsp3) is 0.615. The van der Waals surface area contributed by atoms with Crippen LogP contribution in [-0.4, -0.2) is 36.4 Å². The highest BCUT2D eigenvalue weighted by atomic mass is 19.4. The molecule has 2 rings (SSSR count). The molecule has 1 saturated heterocycles. The Morgan fingerprint density at radius 1 is 1.48 bits per heavy atom. The van der Waals surface area contributed by atoms with Gasteiger partial charge < -0.3 is 19.6 Å². The van der Waals surface area contributed by atoms with Gasteiger partial charge in [0.25, 0.3) is 0 Å². The molecule has 2 atom stereocenters. The summed E-state index contributed by atoms with van der Waals surface area (Å²) in [5.74, 6) is -1.37. The Morgan fingerprint density at radius 3 is 2.67 bits per heavy atom. The van der Waals surface area contributed by atoms with Gasteiger partial charge in [0, 0.05) is 6.61 Å². The second-order valence-corrected chi connectivity index (χ2v) is 5.07. The molecule has 1 aromatic heterocycles. The minimum atomic E-state index is -5.03. The summed E-state index contributed by atoms with van der Waals surface area (Å²) in [4.78, 5) is 11.8. The molecule has 21 heavy (non-hydrogen) atoms. The number of hydrogen-bond acceptors (Lipinski definition) is 4. The molecule has 8 heteroatoms. The summed E-state index contributed by atoms with van der Waals surface area (Å²) in [5.41, 5.74) is -3.34. The second-order valence-electron chi connectivity index (χ2n) is 5.07. The molecule has 0 bridgehead atoms. The molecule has 0 aromatic carbocycles. The van der Waals surface area contributed by atoms with E-state index in [0.717, 1.165) is 6.07 Å². The van der Waals surface area contributed by atoms with Crippen LogP contribution in [0.2, 0.25) is 0 Å². The number of rotatable bonds is 4. The number of carbonyl (C=O) groups is 1. The highest BCUT2D eigenvalue weighted by molar-refractivity contribution is 5.77. The van der Waals surface area contributed by atoms with E-state index in [4.69, 9.17) is 9.15 Å². The van der Waals surface area contributed by atoms with Crippen LogP contribution < -0.4 is 5.32 Å². The molecule has 1 fully saturated rings. The zero-order chi connectivity index (χ0) is 15.7. The van der Waals surface area contributed by atoms with Crippen molar-refractivity contribution in [3.05, 3.63) is 23.7 Å². The molecule has 2 unspecified atom stereocenters. The molecule has 1 aromatic rings. The van der Waals surface area contributed by atoms with Gasteiger partial charge in [-0.25, -0.2) is 0 Å². The zero-order valence-corrected chi connectivity index (χ0v) is 11.4. The topological polar surface area (TPSA) is 71.7 Å². The van der Waals surface area contributed by atoms with E-state index in [2.05, 4.69) is 5.32 Å². The van der Waals surface area contributed by atoms with Crippen LogP contribution in [0, 0.1) is 6.92 Å². The number of aliphatic hydroxyl groups is 1. The number of nitrogens with one attached hydrogen (secondary N) is 1. The summed E-state index contributed by atoms with van der Waals surface area (Å²) in [6, 6.07) is 2.00. The molecule has 0 spiro atoms. The first-order chi connectivity index (χ1) is 9.72. The van der Waals surface area contributed by atoms with Gasteiger partial charge in [-0.2, -0.15) is 13.2 Å². The van der Waals surface area contributed by atoms with Gasteiger partial charge in [0.1, 0.15) is 11.5 Å². The first-order valence-electron chi connectivity index (χ1n) is 6.45. The lowest BCUT2D eigenvalue weighted by Crippen LogP contribution is -2.47. The number of aryl methyl sites for hydroxylation is 1. The Balaban J connectivity index is 2.15. The normalized spacial score (nSPS) is 22.0. The van der Waals surface area contributed by atoms with E-state index in [1.54, 1.807) is 0 Å². The maximum Gasteiger partial charge on any atom is 0.425 e. The minimum absolute atomic E-state index is 0.220. The molecule has 1 aliphatic rings. The Morgan fingerprint density at radius 2 is 2.19 bits per heavy atom. The van der Waals surface area contributed by atoms with E-state index in [0.29, 0.717) is 13.0 Å². The standard InChI is InChI=1S/C13H16F3NO4/c1-8-2-3-10(21-8)12(19,13(14,15)16)6-11(18)17-9-4-5-20-7-9/h2-3,9,19H,4-7H2,1H3,(H,17,18). The molecular weight excluding hydrogens is 291 g/mol. The van der Waals surface area contributed by atoms with E-state index < -0.39 is 29.9 Å². The molecule has 1 aliphatic heterocycles. The maximum atomic E-state index is 13.2. The molecule has 0 saturated carbocycles. The highest BCUT2D eigenvalue weighted by Gasteiger charge is 2.58. The van der Waals surface area contributed by atoms with E-state index >= 15 is 0 Å². The van der Waals surface area contributed by atoms with Gasteiger partial charge in [-0.15, -0.1) is 0 Å². The van der Waals surface area contributed by atoms with Crippen LogP contribution in [0.1, 0.15) is 24.4 Å². The van der Waals surface area contributed by atoms with Crippen LogP contribution in [0.4, 0.5) is 13.2 Å². The van der Waals surface area contributed by atoms with Crippen molar-refractivity contribution in [3.63, 3.8) is 0 Å². The zero-order valence-electron chi connectivity index (χ0n) is 11.4. The van der Waals surface area contributed by atoms with Gasteiger partial charge in [0.05, 0.1) is 19.1 Å². The van der Waals surface area contributed by atoms with Crippen molar-refractivity contribution in [2.24, 2.45) is 0 Å². The predicted molar refractivity (Wildman–Crippen MR) is 65.4 cm³/mol. The number of carbonyl (C=O) groups excluding carboxylic acids is 1. The number of hydrogen-bond donors (Lipinski definition) is 2. The van der Waals surface area contributed by atoms with Crippen molar-refractivity contribution < 1.29 is 32.2 Å². The Kier molecular flexibility index (Phi) is 4.29. The van der Waals surface area contributed by atoms with Crippen LogP contribution >= 0.6 is 0 Å². The fourth-order valence-corrected chi connectivity index (χ4v) is 2.14. The molecular formula is C13H16F3NO4. The summed E-state index contributed by atoms with van der Waals surface area (Å²) >= 11 is 0. The van der Waals surface area contributed by atoms with Gasteiger partial charge in [-0.3, -0.25) is 4.79 Å². The van der Waals surface area contributed by atoms with Gasteiger partial charge in [-0.1, -0.05) is 0 Å². The van der Waals surface area contributed by atoms with E-state index in [1.165, 1.54) is 13.0 Å². The Hall–Kier alpha value is -1.54. The average Bonchev–Trinajstić information content (AvgIpc) is 2.98. The molecule has 1 amide bonds. The third-order valence-corrected chi connectivity index (χ3v) is 3.33. The quantitative estimate of drug-likeness (QED) is 0.887. The highest BCUT2D eigenvalue weighted by Crippen LogP contribution is 2.42. The molecule has 0 aliphatic carbocycles. The summed E-state index contributed by atoms with van der Waals surface area (Å²) in [6.45, 7) is 2.16. The van der Waals surface area contributed by atoms with Gasteiger partial charge in [0.2, 0.25) is 11.5 Å². The Bertz CT molecular complexity index is 508. The monoisotopic (exact) mass is 307 g/mol. The number of amides is 1. The smallest absolute Gasteiger partial charge is 0.425 e. The van der Waals surface area contributed by atoms with Crippen LogP contribution in [-0.2, 0) is 15.1 Å². The lowest BCUT2D eigenvalue weighted by atomic mass is 9.95. The summed E-state index contributed by atoms with van der Waals surface area (Å²) in [5, 5.41) is 12.4. The first-order valence-corrected chi connectivity index (χ1v) is 6.45. The van der Waals surface area contributed by atoms with E-state index in [9.17, 15) is 23.1 Å². The van der Waals surface area contributed by atoms with E-state index in [-0.39, 0.29) is 18.4 Å². The summed E-state index contributed by atoms with van der Waals surface area (Å²) < 4.78 is 49.4. The van der Waals surface area contributed by atoms with Gasteiger partial charge >= 0.3 is 6.18 Å². The molecule has 5 nitrogen and oxygen atoms in total. The Labute approximate surface area is 119 Å². The second kappa shape index (κ2) is 5.69. The van der Waals surface area contributed by atoms with Crippen LogP contribution in [0.3, 0.4) is 0 Å². The molecule has 0 radical (unpaired) electrons. The average molecular weight is 307 g/mol. The van der Waals surface area contributed by atoms with Crippen LogP contribution in [0.5, 0.6) is 0 Å². The number of alkyl halides is 3. The molecule has 118 valence electrons. The van der Waals surface area contributed by atoms with Gasteiger partial charge in [-0.05, 0) is 25.5 Å². The maximum absolute atomic E-state index is 13.2. The van der Waals surface area contributed by atoms with Crippen molar-refractivity contribution >= 4 is 5.91 Å². The van der Waals surface area contributed by atoms with Crippen LogP contribution in [0.15, 0.2) is 16.5 Å². The molecule has 2 heterocycles. The van der Waals surface area contributed by atoms with E-state index in [1.807, 2.05) is 0 Å². The fourth-order valence-electron chi connectivity index (χ4n) is 2.14. The number of furan rings is 1.